The first-order chi connectivity index (χ1) is 10.1. The van der Waals surface area contributed by atoms with Gasteiger partial charge in [-0.25, -0.2) is 0 Å². The number of methoxy groups -OCH3 is 1. The summed E-state index contributed by atoms with van der Waals surface area (Å²) in [5, 5.41) is 0. The number of likely N-dealkylation sites (N-methyl/N-ethyl adjacent to an activating group) is 1. The molecule has 0 aliphatic rings. The molecule has 0 bridgehead atoms. The van der Waals surface area contributed by atoms with E-state index in [9.17, 15) is 4.79 Å². The molecule has 0 aliphatic heterocycles. The van der Waals surface area contributed by atoms with Crippen LogP contribution in [0.25, 0.3) is 5.57 Å². The summed E-state index contributed by atoms with van der Waals surface area (Å²) in [4.78, 5) is 13.6. The van der Waals surface area contributed by atoms with Crippen LogP contribution in [0.4, 0.5) is 0 Å². The van der Waals surface area contributed by atoms with Gasteiger partial charge in [-0.3, -0.25) is 4.79 Å². The maximum atomic E-state index is 12.0. The van der Waals surface area contributed by atoms with Crippen molar-refractivity contribution in [1.82, 2.24) is 4.90 Å². The Bertz CT molecular complexity index is 628. The van der Waals surface area contributed by atoms with E-state index in [0.29, 0.717) is 0 Å². The van der Waals surface area contributed by atoms with Crippen molar-refractivity contribution < 1.29 is 9.53 Å². The lowest BCUT2D eigenvalue weighted by molar-refractivity contribution is -0.123. The molecule has 2 aromatic carbocycles. The fourth-order valence-electron chi connectivity index (χ4n) is 1.97. The number of ether oxygens (including phenoxy) is 1. The number of carbonyl (C=O) groups excluding carboxylic acids is 1. The smallest absolute Gasteiger partial charge is 0.246 e. The summed E-state index contributed by atoms with van der Waals surface area (Å²) >= 11 is 0. The minimum Gasteiger partial charge on any atom is -0.497 e. The van der Waals surface area contributed by atoms with E-state index >= 15 is 0 Å². The largest absolute Gasteiger partial charge is 0.497 e. The lowest BCUT2D eigenvalue weighted by atomic mass is 9.97. The molecule has 0 N–H and O–H groups in total. The van der Waals surface area contributed by atoms with Gasteiger partial charge in [0.15, 0.2) is 0 Å². The normalized spacial score (nSPS) is 11.1. The molecule has 0 aromatic heterocycles. The number of carbonyl (C=O) groups is 1. The first-order valence-corrected chi connectivity index (χ1v) is 6.74. The Balaban J connectivity index is 2.47. The highest BCUT2D eigenvalue weighted by atomic mass is 16.5. The number of nitrogens with zero attached hydrogens (tertiary/aromatic N) is 1. The van der Waals surface area contributed by atoms with E-state index in [4.69, 9.17) is 4.74 Å². The van der Waals surface area contributed by atoms with Gasteiger partial charge in [0.05, 0.1) is 7.11 Å². The molecule has 1 amide bonds. The molecule has 0 saturated carbocycles. The van der Waals surface area contributed by atoms with Crippen LogP contribution in [0.5, 0.6) is 5.75 Å². The van der Waals surface area contributed by atoms with Crippen LogP contribution in [0, 0.1) is 0 Å². The van der Waals surface area contributed by atoms with Crippen LogP contribution in [0.3, 0.4) is 0 Å². The topological polar surface area (TPSA) is 29.5 Å². The van der Waals surface area contributed by atoms with Gasteiger partial charge in [-0.1, -0.05) is 42.5 Å². The number of amides is 1. The first kappa shape index (κ1) is 14.9. The molecule has 2 rings (SSSR count). The van der Waals surface area contributed by atoms with Crippen molar-refractivity contribution in [2.24, 2.45) is 0 Å². The molecular formula is C18H19NO2. The summed E-state index contributed by atoms with van der Waals surface area (Å²) < 4.78 is 5.18. The Morgan fingerprint density at radius 1 is 0.952 bits per heavy atom. The van der Waals surface area contributed by atoms with E-state index in [0.717, 1.165) is 22.4 Å². The molecule has 21 heavy (non-hydrogen) atoms. The summed E-state index contributed by atoms with van der Waals surface area (Å²) in [6.45, 7) is 0. The van der Waals surface area contributed by atoms with Crippen LogP contribution in [-0.2, 0) is 4.79 Å². The van der Waals surface area contributed by atoms with Crippen molar-refractivity contribution in [3.05, 3.63) is 71.8 Å². The highest BCUT2D eigenvalue weighted by molar-refractivity contribution is 5.98. The van der Waals surface area contributed by atoms with Crippen molar-refractivity contribution in [3.8, 4) is 5.75 Å². The Kier molecular flexibility index (Phi) is 4.77. The van der Waals surface area contributed by atoms with Gasteiger partial charge in [0.1, 0.15) is 5.75 Å². The highest BCUT2D eigenvalue weighted by Crippen LogP contribution is 2.25. The molecule has 108 valence electrons. The maximum Gasteiger partial charge on any atom is 0.246 e. The van der Waals surface area contributed by atoms with Gasteiger partial charge in [-0.2, -0.15) is 0 Å². The van der Waals surface area contributed by atoms with Crippen LogP contribution in [0.2, 0.25) is 0 Å². The van der Waals surface area contributed by atoms with Crippen LogP contribution in [0.1, 0.15) is 11.1 Å². The quantitative estimate of drug-likeness (QED) is 0.805. The minimum atomic E-state index is -0.0373. The van der Waals surface area contributed by atoms with Crippen molar-refractivity contribution in [1.29, 1.82) is 0 Å². The van der Waals surface area contributed by atoms with Gasteiger partial charge in [0.25, 0.3) is 0 Å². The molecule has 0 radical (unpaired) electrons. The predicted octanol–water partition coefficient (Wildman–Crippen LogP) is 3.22. The molecule has 0 heterocycles. The van der Waals surface area contributed by atoms with Crippen LogP contribution < -0.4 is 4.74 Å². The second-order valence-corrected chi connectivity index (χ2v) is 4.89. The predicted molar refractivity (Wildman–Crippen MR) is 85.2 cm³/mol. The molecule has 3 heteroatoms. The minimum absolute atomic E-state index is 0.0373. The molecular weight excluding hydrogens is 262 g/mol. The van der Waals surface area contributed by atoms with Crippen molar-refractivity contribution in [3.63, 3.8) is 0 Å². The Morgan fingerprint density at radius 2 is 1.52 bits per heavy atom. The Morgan fingerprint density at radius 3 is 2.05 bits per heavy atom. The van der Waals surface area contributed by atoms with Crippen LogP contribution in [-0.4, -0.2) is 32.0 Å². The van der Waals surface area contributed by atoms with Gasteiger partial charge in [-0.05, 0) is 28.8 Å². The van der Waals surface area contributed by atoms with E-state index in [1.807, 2.05) is 54.6 Å². The fourth-order valence-corrected chi connectivity index (χ4v) is 1.97. The number of hydrogen-bond donors (Lipinski definition) is 0. The average Bonchev–Trinajstić information content (AvgIpc) is 2.53. The molecule has 0 spiro atoms. The van der Waals surface area contributed by atoms with Crippen LogP contribution >= 0.6 is 0 Å². The summed E-state index contributed by atoms with van der Waals surface area (Å²) in [6.07, 6.45) is 1.66. The molecule has 3 nitrogen and oxygen atoms in total. The molecule has 0 saturated heterocycles. The van der Waals surface area contributed by atoms with Gasteiger partial charge < -0.3 is 9.64 Å². The number of rotatable bonds is 4. The summed E-state index contributed by atoms with van der Waals surface area (Å²) in [6, 6.07) is 17.6. The molecule has 0 atom stereocenters. The van der Waals surface area contributed by atoms with E-state index in [1.165, 1.54) is 0 Å². The van der Waals surface area contributed by atoms with Crippen molar-refractivity contribution >= 4 is 11.5 Å². The number of hydrogen-bond acceptors (Lipinski definition) is 2. The van der Waals surface area contributed by atoms with Gasteiger partial charge in [0.2, 0.25) is 5.91 Å². The Hall–Kier alpha value is -2.55. The zero-order valence-electron chi connectivity index (χ0n) is 12.5. The standard InChI is InChI=1S/C18H19NO2/c1-19(2)18(20)13-17(14-7-5-4-6-8-14)15-9-11-16(21-3)12-10-15/h4-13H,1-3H3/b17-13+. The zero-order chi connectivity index (χ0) is 15.2. The lowest BCUT2D eigenvalue weighted by Gasteiger charge is -2.12. The summed E-state index contributed by atoms with van der Waals surface area (Å²) in [5.41, 5.74) is 2.90. The van der Waals surface area contributed by atoms with E-state index < -0.39 is 0 Å². The Labute approximate surface area is 125 Å². The molecule has 2 aromatic rings. The third-order valence-electron chi connectivity index (χ3n) is 3.19. The van der Waals surface area contributed by atoms with E-state index in [1.54, 1.807) is 32.2 Å². The van der Waals surface area contributed by atoms with Crippen LogP contribution in [0.15, 0.2) is 60.7 Å². The molecule has 0 fully saturated rings. The molecule has 0 unspecified atom stereocenters. The number of benzene rings is 2. The third-order valence-corrected chi connectivity index (χ3v) is 3.19. The van der Waals surface area contributed by atoms with E-state index in [2.05, 4.69) is 0 Å². The lowest BCUT2D eigenvalue weighted by Crippen LogP contribution is -2.19. The fraction of sp³-hybridized carbons (Fsp3) is 0.167. The van der Waals surface area contributed by atoms with Gasteiger partial charge in [-0.15, -0.1) is 0 Å². The SMILES string of the molecule is COc1ccc(/C(=C/C(=O)N(C)C)c2ccccc2)cc1. The van der Waals surface area contributed by atoms with Gasteiger partial charge in [0, 0.05) is 20.2 Å². The zero-order valence-corrected chi connectivity index (χ0v) is 12.5. The van der Waals surface area contributed by atoms with E-state index in [-0.39, 0.29) is 5.91 Å². The first-order valence-electron chi connectivity index (χ1n) is 6.74. The monoisotopic (exact) mass is 281 g/mol. The van der Waals surface area contributed by atoms with Gasteiger partial charge >= 0.3 is 0 Å². The summed E-state index contributed by atoms with van der Waals surface area (Å²) in [5.74, 6) is 0.759. The second kappa shape index (κ2) is 6.75. The highest BCUT2D eigenvalue weighted by Gasteiger charge is 2.09. The average molecular weight is 281 g/mol. The third kappa shape index (κ3) is 3.72. The molecule has 0 aliphatic carbocycles. The summed E-state index contributed by atoms with van der Waals surface area (Å²) in [7, 11) is 5.13. The second-order valence-electron chi connectivity index (χ2n) is 4.89. The van der Waals surface area contributed by atoms with Crippen molar-refractivity contribution in [2.45, 2.75) is 0 Å². The van der Waals surface area contributed by atoms with Crippen molar-refractivity contribution in [2.75, 3.05) is 21.2 Å². The maximum absolute atomic E-state index is 12.0.